The fourth-order valence-corrected chi connectivity index (χ4v) is 0.397. The lowest BCUT2D eigenvalue weighted by molar-refractivity contribution is -0.330. The molecule has 0 amide bonds. The quantitative estimate of drug-likeness (QED) is 0.561. The Hall–Kier alpha value is -0.780. The normalized spacial score (nSPS) is 24.9. The fourth-order valence-electron chi connectivity index (χ4n) is 0.397. The van der Waals surface area contributed by atoms with E-state index in [1.54, 1.807) is 0 Å². The molecule has 2 radical (unpaired) electrons. The summed E-state index contributed by atoms with van der Waals surface area (Å²) in [6, 6.07) is 0. The van der Waals surface area contributed by atoms with E-state index in [0.717, 1.165) is 6.21 Å². The molecule has 56 valence electrons. The second-order valence-electron chi connectivity index (χ2n) is 1.45. The van der Waals surface area contributed by atoms with E-state index in [9.17, 15) is 13.2 Å². The molecule has 0 bridgehead atoms. The monoisotopic (exact) mass is 153 g/mol. The average Bonchev–Trinajstić information content (AvgIpc) is 2.12. The molecule has 0 spiro atoms. The number of oxime groups is 1. The van der Waals surface area contributed by atoms with Crippen LogP contribution in [0.25, 0.3) is 0 Å². The molecule has 0 fully saturated rings. The van der Waals surface area contributed by atoms with Gasteiger partial charge in [-0.05, 0) is 0 Å². The van der Waals surface area contributed by atoms with Gasteiger partial charge in [-0.15, -0.1) is 13.2 Å². The maximum absolute atomic E-state index is 11.3. The highest BCUT2D eigenvalue weighted by Crippen LogP contribution is 2.20. The van der Waals surface area contributed by atoms with Gasteiger partial charge >= 0.3 is 6.36 Å². The molecule has 0 saturated carbocycles. The van der Waals surface area contributed by atoms with E-state index in [1.807, 2.05) is 6.61 Å². The topological polar surface area (TPSA) is 30.8 Å². The molecule has 6 heteroatoms. The van der Waals surface area contributed by atoms with Crippen LogP contribution in [0.5, 0.6) is 0 Å². The van der Waals surface area contributed by atoms with Crippen LogP contribution in [0.1, 0.15) is 0 Å². The minimum Gasteiger partial charge on any atom is -0.377 e. The minimum absolute atomic E-state index is 0.855. The highest BCUT2D eigenvalue weighted by Gasteiger charge is 2.35. The van der Waals surface area contributed by atoms with Crippen LogP contribution in [0, 0.1) is 6.61 Å². The van der Waals surface area contributed by atoms with Crippen molar-refractivity contribution in [1.29, 1.82) is 0 Å². The molecular formula is C4H2F3NO2. The molecule has 1 atom stereocenters. The van der Waals surface area contributed by atoms with Crippen molar-refractivity contribution >= 4 is 6.21 Å². The Kier molecular flexibility index (Phi) is 1.80. The Balaban J connectivity index is 2.31. The molecular weight excluding hydrogens is 151 g/mol. The van der Waals surface area contributed by atoms with Crippen molar-refractivity contribution in [2.75, 3.05) is 0 Å². The molecule has 1 aliphatic heterocycles. The molecule has 0 aromatic rings. The lowest BCUT2D eigenvalue weighted by Gasteiger charge is -2.07. The summed E-state index contributed by atoms with van der Waals surface area (Å²) in [4.78, 5) is 4.00. The summed E-state index contributed by atoms with van der Waals surface area (Å²) in [5.74, 6) is 0. The Morgan fingerprint density at radius 2 is 2.30 bits per heavy atom. The second-order valence-corrected chi connectivity index (χ2v) is 1.45. The third-order valence-electron chi connectivity index (χ3n) is 0.678. The van der Waals surface area contributed by atoms with Crippen LogP contribution in [-0.2, 0) is 9.57 Å². The van der Waals surface area contributed by atoms with Crippen molar-refractivity contribution in [2.45, 2.75) is 12.5 Å². The first-order valence-electron chi connectivity index (χ1n) is 2.27. The Morgan fingerprint density at radius 3 is 2.70 bits per heavy atom. The van der Waals surface area contributed by atoms with Gasteiger partial charge in [0.25, 0.3) is 6.61 Å². The van der Waals surface area contributed by atoms with Crippen LogP contribution in [0.4, 0.5) is 13.2 Å². The number of ether oxygens (including phenoxy) is 1. The number of hydrogen-bond donors (Lipinski definition) is 0. The van der Waals surface area contributed by atoms with Gasteiger partial charge in [0, 0.05) is 0 Å². The number of rotatable bonds is 1. The average molecular weight is 153 g/mol. The largest absolute Gasteiger partial charge is 0.523 e. The molecule has 0 aliphatic carbocycles. The Labute approximate surface area is 54.4 Å². The molecule has 1 heterocycles. The van der Waals surface area contributed by atoms with Gasteiger partial charge in [0.2, 0.25) is 0 Å². The summed E-state index contributed by atoms with van der Waals surface area (Å²) in [7, 11) is 0. The summed E-state index contributed by atoms with van der Waals surface area (Å²) < 4.78 is 37.4. The predicted molar refractivity (Wildman–Crippen MR) is 23.7 cm³/mol. The number of alkyl halides is 3. The van der Waals surface area contributed by atoms with E-state index in [0.29, 0.717) is 0 Å². The van der Waals surface area contributed by atoms with E-state index >= 15 is 0 Å². The third kappa shape index (κ3) is 2.22. The van der Waals surface area contributed by atoms with Crippen LogP contribution in [0.3, 0.4) is 0 Å². The molecule has 0 aromatic heterocycles. The van der Waals surface area contributed by atoms with Crippen molar-refractivity contribution in [3.8, 4) is 0 Å². The van der Waals surface area contributed by atoms with Gasteiger partial charge in [-0.2, -0.15) is 0 Å². The summed E-state index contributed by atoms with van der Waals surface area (Å²) in [5, 5.41) is 2.99. The standard InChI is InChI=1S/C4H2F3NO2/c5-4(6,7)10-3-1-8-9-2-3/h1,3H. The number of hydrogen-bond acceptors (Lipinski definition) is 3. The van der Waals surface area contributed by atoms with Crippen LogP contribution in [-0.4, -0.2) is 18.7 Å². The van der Waals surface area contributed by atoms with Gasteiger partial charge in [0.05, 0.1) is 6.21 Å². The van der Waals surface area contributed by atoms with E-state index in [1.165, 1.54) is 0 Å². The van der Waals surface area contributed by atoms with Gasteiger partial charge in [-0.25, -0.2) is 0 Å². The van der Waals surface area contributed by atoms with Gasteiger partial charge in [-0.3, -0.25) is 4.74 Å². The summed E-state index contributed by atoms with van der Waals surface area (Å²) >= 11 is 0. The molecule has 0 aromatic carbocycles. The zero-order valence-corrected chi connectivity index (χ0v) is 4.55. The first-order chi connectivity index (χ1) is 4.58. The van der Waals surface area contributed by atoms with Gasteiger partial charge in [0.1, 0.15) is 0 Å². The molecule has 0 N–H and O–H groups in total. The third-order valence-corrected chi connectivity index (χ3v) is 0.678. The molecule has 10 heavy (non-hydrogen) atoms. The Bertz CT molecular complexity index is 144. The van der Waals surface area contributed by atoms with Crippen LogP contribution in [0.15, 0.2) is 5.16 Å². The summed E-state index contributed by atoms with van der Waals surface area (Å²) in [6.45, 7) is 1.85. The van der Waals surface area contributed by atoms with E-state index in [-0.39, 0.29) is 0 Å². The first-order valence-corrected chi connectivity index (χ1v) is 2.27. The second kappa shape index (κ2) is 2.45. The predicted octanol–water partition coefficient (Wildman–Crippen LogP) is 0.946. The smallest absolute Gasteiger partial charge is 0.377 e. The lowest BCUT2D eigenvalue weighted by Crippen LogP contribution is -2.23. The van der Waals surface area contributed by atoms with Crippen molar-refractivity contribution in [3.05, 3.63) is 6.61 Å². The molecule has 1 unspecified atom stereocenters. The molecule has 3 nitrogen and oxygen atoms in total. The van der Waals surface area contributed by atoms with Crippen molar-refractivity contribution in [2.24, 2.45) is 5.16 Å². The minimum atomic E-state index is -4.67. The maximum atomic E-state index is 11.3. The van der Waals surface area contributed by atoms with E-state index in [4.69, 9.17) is 0 Å². The zero-order valence-electron chi connectivity index (χ0n) is 4.55. The lowest BCUT2D eigenvalue weighted by atomic mass is 10.4. The SMILES string of the molecule is FC(F)(F)OC1[C]ON=C1. The van der Waals surface area contributed by atoms with Gasteiger partial charge < -0.3 is 4.84 Å². The van der Waals surface area contributed by atoms with E-state index in [2.05, 4.69) is 14.7 Å². The Morgan fingerprint density at radius 1 is 1.60 bits per heavy atom. The van der Waals surface area contributed by atoms with Crippen molar-refractivity contribution < 1.29 is 22.7 Å². The van der Waals surface area contributed by atoms with Crippen LogP contribution < -0.4 is 0 Å². The molecule has 0 saturated heterocycles. The maximum Gasteiger partial charge on any atom is 0.523 e. The number of nitrogens with zero attached hydrogens (tertiary/aromatic N) is 1. The van der Waals surface area contributed by atoms with Crippen LogP contribution >= 0.6 is 0 Å². The molecule has 1 aliphatic rings. The highest BCUT2D eigenvalue weighted by molar-refractivity contribution is 5.65. The van der Waals surface area contributed by atoms with Crippen molar-refractivity contribution in [1.82, 2.24) is 0 Å². The van der Waals surface area contributed by atoms with Crippen molar-refractivity contribution in [3.63, 3.8) is 0 Å². The first kappa shape index (κ1) is 7.33. The van der Waals surface area contributed by atoms with Gasteiger partial charge in [0.15, 0.2) is 6.10 Å². The number of halogens is 3. The zero-order chi connectivity index (χ0) is 7.61. The molecule has 1 rings (SSSR count). The summed E-state index contributed by atoms with van der Waals surface area (Å²) in [5.41, 5.74) is 0. The fraction of sp³-hybridized carbons (Fsp3) is 0.500. The highest BCUT2D eigenvalue weighted by atomic mass is 19.4. The van der Waals surface area contributed by atoms with E-state index < -0.39 is 12.5 Å². The van der Waals surface area contributed by atoms with Gasteiger partial charge in [-0.1, -0.05) is 5.16 Å². The van der Waals surface area contributed by atoms with Crippen LogP contribution in [0.2, 0.25) is 0 Å². The summed E-state index contributed by atoms with van der Waals surface area (Å²) in [6.07, 6.45) is -5.15.